The Morgan fingerprint density at radius 1 is 1.41 bits per heavy atom. The first-order chi connectivity index (χ1) is 8.08. The van der Waals surface area contributed by atoms with Crippen molar-refractivity contribution in [2.45, 2.75) is 26.8 Å². The van der Waals surface area contributed by atoms with E-state index in [4.69, 9.17) is 0 Å². The maximum absolute atomic E-state index is 11.7. The van der Waals surface area contributed by atoms with Crippen molar-refractivity contribution >= 4 is 11.7 Å². The molecule has 0 saturated carbocycles. The molecule has 1 fully saturated rings. The van der Waals surface area contributed by atoms with Gasteiger partial charge in [-0.3, -0.25) is 9.78 Å². The van der Waals surface area contributed by atoms with Crippen molar-refractivity contribution in [2.75, 3.05) is 18.0 Å². The Bertz CT molecular complexity index is 413. The highest BCUT2D eigenvalue weighted by Crippen LogP contribution is 2.24. The highest BCUT2D eigenvalue weighted by Gasteiger charge is 2.34. The van der Waals surface area contributed by atoms with E-state index in [0.29, 0.717) is 0 Å². The van der Waals surface area contributed by atoms with Gasteiger partial charge in [0.15, 0.2) is 0 Å². The van der Waals surface area contributed by atoms with E-state index < -0.39 is 0 Å². The maximum Gasteiger partial charge on any atom is 0.226 e. The highest BCUT2D eigenvalue weighted by molar-refractivity contribution is 5.82. The van der Waals surface area contributed by atoms with Gasteiger partial charge in [-0.1, -0.05) is 0 Å². The molecule has 0 aromatic carbocycles. The number of anilines is 1. The highest BCUT2D eigenvalue weighted by atomic mass is 16.2. The average Bonchev–Trinajstić information content (AvgIpc) is 2.17. The molecule has 1 aromatic heterocycles. The summed E-state index contributed by atoms with van der Waals surface area (Å²) in [4.78, 5) is 22.3. The topological polar surface area (TPSA) is 58.1 Å². The molecule has 1 aromatic rings. The summed E-state index contributed by atoms with van der Waals surface area (Å²) in [5.74, 6) is 1.11. The number of hydrogen-bond acceptors (Lipinski definition) is 4. The van der Waals surface area contributed by atoms with Crippen molar-refractivity contribution in [1.82, 2.24) is 15.3 Å². The number of aryl methyl sites for hydroxylation is 1. The van der Waals surface area contributed by atoms with Crippen LogP contribution in [0.5, 0.6) is 0 Å². The molecule has 0 radical (unpaired) electrons. The molecule has 5 heteroatoms. The molecule has 92 valence electrons. The van der Waals surface area contributed by atoms with Gasteiger partial charge in [-0.05, 0) is 20.8 Å². The molecule has 0 bridgehead atoms. The molecule has 1 amide bonds. The molecular weight excluding hydrogens is 216 g/mol. The summed E-state index contributed by atoms with van der Waals surface area (Å²) in [5.41, 5.74) is 0.912. The van der Waals surface area contributed by atoms with Crippen LogP contribution in [0.15, 0.2) is 12.4 Å². The molecule has 0 aliphatic carbocycles. The second kappa shape index (κ2) is 4.69. The lowest BCUT2D eigenvalue weighted by Gasteiger charge is -2.39. The van der Waals surface area contributed by atoms with Crippen LogP contribution in [0.4, 0.5) is 5.82 Å². The van der Waals surface area contributed by atoms with Gasteiger partial charge in [0.25, 0.3) is 0 Å². The monoisotopic (exact) mass is 234 g/mol. The van der Waals surface area contributed by atoms with Gasteiger partial charge >= 0.3 is 0 Å². The second-order valence-electron chi connectivity index (χ2n) is 4.73. The van der Waals surface area contributed by atoms with Crippen molar-refractivity contribution in [1.29, 1.82) is 0 Å². The molecule has 2 rings (SSSR count). The van der Waals surface area contributed by atoms with E-state index in [1.807, 2.05) is 20.8 Å². The number of rotatable bonds is 3. The summed E-state index contributed by atoms with van der Waals surface area (Å²) in [5, 5.41) is 2.93. The smallest absolute Gasteiger partial charge is 0.226 e. The number of carbonyl (C=O) groups excluding carboxylic acids is 1. The van der Waals surface area contributed by atoms with Crippen molar-refractivity contribution < 1.29 is 4.79 Å². The fraction of sp³-hybridized carbons (Fsp3) is 0.583. The average molecular weight is 234 g/mol. The molecule has 0 spiro atoms. The quantitative estimate of drug-likeness (QED) is 0.838. The normalized spacial score (nSPS) is 15.9. The minimum Gasteiger partial charge on any atom is -0.354 e. The fourth-order valence-electron chi connectivity index (χ4n) is 1.93. The summed E-state index contributed by atoms with van der Waals surface area (Å²) in [6.07, 6.45) is 3.37. The lowest BCUT2D eigenvalue weighted by Crippen LogP contribution is -2.55. The van der Waals surface area contributed by atoms with Crippen LogP contribution in [-0.4, -0.2) is 35.0 Å². The Morgan fingerprint density at radius 3 is 2.65 bits per heavy atom. The fourth-order valence-corrected chi connectivity index (χ4v) is 1.93. The van der Waals surface area contributed by atoms with Crippen LogP contribution in [0.25, 0.3) is 0 Å². The predicted octanol–water partition coefficient (Wildman–Crippen LogP) is 0.746. The zero-order chi connectivity index (χ0) is 12.4. The Labute approximate surface area is 101 Å². The summed E-state index contributed by atoms with van der Waals surface area (Å²) >= 11 is 0. The van der Waals surface area contributed by atoms with Gasteiger partial charge in [0.2, 0.25) is 5.91 Å². The Morgan fingerprint density at radius 2 is 2.06 bits per heavy atom. The Kier molecular flexibility index (Phi) is 3.26. The molecule has 5 nitrogen and oxygen atoms in total. The molecule has 17 heavy (non-hydrogen) atoms. The molecule has 0 atom stereocenters. The Hall–Kier alpha value is -1.65. The van der Waals surface area contributed by atoms with Crippen molar-refractivity contribution in [3.63, 3.8) is 0 Å². The number of nitrogens with one attached hydrogen (secondary N) is 1. The first kappa shape index (κ1) is 11.8. The molecule has 1 saturated heterocycles. The second-order valence-corrected chi connectivity index (χ2v) is 4.73. The van der Waals surface area contributed by atoms with Gasteiger partial charge < -0.3 is 10.2 Å². The van der Waals surface area contributed by atoms with Gasteiger partial charge in [-0.25, -0.2) is 4.98 Å². The maximum atomic E-state index is 11.7. The van der Waals surface area contributed by atoms with Gasteiger partial charge in [-0.2, -0.15) is 0 Å². The zero-order valence-corrected chi connectivity index (χ0v) is 10.5. The summed E-state index contributed by atoms with van der Waals surface area (Å²) < 4.78 is 0. The third-order valence-electron chi connectivity index (χ3n) is 2.84. The lowest BCUT2D eigenvalue weighted by atomic mass is 9.98. The molecule has 2 heterocycles. The Balaban J connectivity index is 1.91. The van der Waals surface area contributed by atoms with E-state index in [2.05, 4.69) is 20.2 Å². The van der Waals surface area contributed by atoms with E-state index in [1.165, 1.54) is 0 Å². The van der Waals surface area contributed by atoms with Crippen LogP contribution in [0.2, 0.25) is 0 Å². The molecule has 1 aliphatic rings. The van der Waals surface area contributed by atoms with Crippen LogP contribution in [0.3, 0.4) is 0 Å². The van der Waals surface area contributed by atoms with E-state index in [9.17, 15) is 4.79 Å². The first-order valence-electron chi connectivity index (χ1n) is 5.91. The van der Waals surface area contributed by atoms with E-state index in [0.717, 1.165) is 24.6 Å². The van der Waals surface area contributed by atoms with Gasteiger partial charge in [0, 0.05) is 31.5 Å². The molecule has 1 aliphatic heterocycles. The predicted molar refractivity (Wildman–Crippen MR) is 65.8 cm³/mol. The number of carbonyl (C=O) groups is 1. The van der Waals surface area contributed by atoms with Gasteiger partial charge in [0.05, 0.1) is 11.6 Å². The lowest BCUT2D eigenvalue weighted by molar-refractivity contribution is -0.126. The zero-order valence-electron chi connectivity index (χ0n) is 10.5. The minimum absolute atomic E-state index is 0.0822. The van der Waals surface area contributed by atoms with E-state index in [1.54, 1.807) is 12.4 Å². The minimum atomic E-state index is 0.0822. The standard InChI is InChI=1S/C12H18N4O/c1-8(2)15-12(17)10-6-16(7-10)11-9(3)13-4-5-14-11/h4-5,8,10H,6-7H2,1-3H3,(H,15,17). The summed E-state index contributed by atoms with van der Waals surface area (Å²) in [7, 11) is 0. The van der Waals surface area contributed by atoms with Crippen LogP contribution in [0, 0.1) is 12.8 Å². The number of aromatic nitrogens is 2. The first-order valence-corrected chi connectivity index (χ1v) is 5.91. The summed E-state index contributed by atoms with van der Waals surface area (Å²) in [6, 6.07) is 0.204. The van der Waals surface area contributed by atoms with E-state index >= 15 is 0 Å². The summed E-state index contributed by atoms with van der Waals surface area (Å²) in [6.45, 7) is 7.35. The third kappa shape index (κ3) is 2.54. The van der Waals surface area contributed by atoms with Crippen LogP contribution in [0.1, 0.15) is 19.5 Å². The number of hydrogen-bond donors (Lipinski definition) is 1. The molecular formula is C12H18N4O. The van der Waals surface area contributed by atoms with Crippen molar-refractivity contribution in [3.05, 3.63) is 18.1 Å². The molecule has 0 unspecified atom stereocenters. The molecule has 1 N–H and O–H groups in total. The van der Waals surface area contributed by atoms with Gasteiger partial charge in [-0.15, -0.1) is 0 Å². The third-order valence-corrected chi connectivity index (χ3v) is 2.84. The number of amides is 1. The van der Waals surface area contributed by atoms with Crippen molar-refractivity contribution in [2.24, 2.45) is 5.92 Å². The van der Waals surface area contributed by atoms with Gasteiger partial charge in [0.1, 0.15) is 5.82 Å². The van der Waals surface area contributed by atoms with Crippen LogP contribution < -0.4 is 10.2 Å². The van der Waals surface area contributed by atoms with Crippen LogP contribution >= 0.6 is 0 Å². The van der Waals surface area contributed by atoms with Crippen LogP contribution in [-0.2, 0) is 4.79 Å². The SMILES string of the molecule is Cc1nccnc1N1CC(C(=O)NC(C)C)C1. The number of nitrogens with zero attached hydrogens (tertiary/aromatic N) is 3. The largest absolute Gasteiger partial charge is 0.354 e. The van der Waals surface area contributed by atoms with Crippen molar-refractivity contribution in [3.8, 4) is 0 Å². The van der Waals surface area contributed by atoms with E-state index in [-0.39, 0.29) is 17.9 Å².